The van der Waals surface area contributed by atoms with Crippen LogP contribution in [-0.2, 0) is 6.42 Å². The van der Waals surface area contributed by atoms with Crippen LogP contribution in [0.1, 0.15) is 78.2 Å². The average molecular weight is 336 g/mol. The van der Waals surface area contributed by atoms with Crippen LogP contribution in [0.3, 0.4) is 0 Å². The van der Waals surface area contributed by atoms with Crippen LogP contribution in [0.5, 0.6) is 5.75 Å². The Morgan fingerprint density at radius 3 is 2.26 bits per heavy atom. The fraction of sp³-hybridized carbons (Fsp3) is 0.737. The molecule has 0 saturated carbocycles. The second-order valence-electron chi connectivity index (χ2n) is 7.85. The molecule has 0 saturated heterocycles. The number of aryl methyl sites for hydroxylation is 1. The number of fused-ring (bicyclic) bond motifs is 1. The van der Waals surface area contributed by atoms with Crippen molar-refractivity contribution in [2.45, 2.75) is 90.0 Å². The Labute approximate surface area is 142 Å². The highest BCUT2D eigenvalue weighted by Gasteiger charge is 2.47. The van der Waals surface area contributed by atoms with Crippen LogP contribution in [0.15, 0.2) is 12.3 Å². The number of hydrogen-bond donors (Lipinski definition) is 1. The van der Waals surface area contributed by atoms with Gasteiger partial charge < -0.3 is 9.53 Å². The Kier molecular flexibility index (Phi) is 5.90. The van der Waals surface area contributed by atoms with Gasteiger partial charge in [0.15, 0.2) is 0 Å². The van der Waals surface area contributed by atoms with Gasteiger partial charge in [0, 0.05) is 17.5 Å². The van der Waals surface area contributed by atoms with E-state index in [0.717, 1.165) is 42.7 Å². The highest BCUT2D eigenvalue weighted by molar-refractivity contribution is 6.78. The molecule has 1 N–H and O–H groups in total. The molecule has 1 heterocycles. The largest absolute Gasteiger partial charge is 0.542 e. The third kappa shape index (κ3) is 3.48. The first-order chi connectivity index (χ1) is 10.8. The number of aromatic nitrogens is 1. The Morgan fingerprint density at radius 2 is 1.70 bits per heavy atom. The van der Waals surface area contributed by atoms with Gasteiger partial charge in [-0.05, 0) is 42.0 Å². The van der Waals surface area contributed by atoms with Gasteiger partial charge in [0.2, 0.25) is 0 Å². The molecule has 1 aliphatic carbocycles. The van der Waals surface area contributed by atoms with Gasteiger partial charge in [0.05, 0.1) is 6.10 Å². The average Bonchev–Trinajstić information content (AvgIpc) is 2.66. The monoisotopic (exact) mass is 335 g/mol. The van der Waals surface area contributed by atoms with E-state index in [1.807, 2.05) is 12.3 Å². The van der Waals surface area contributed by atoms with E-state index < -0.39 is 14.4 Å². The molecular weight excluding hydrogens is 302 g/mol. The molecule has 0 aliphatic heterocycles. The smallest absolute Gasteiger partial charge is 0.258 e. The third-order valence-corrected chi connectivity index (χ3v) is 11.5. The zero-order chi connectivity index (χ0) is 17.2. The zero-order valence-corrected chi connectivity index (χ0v) is 16.6. The van der Waals surface area contributed by atoms with E-state index in [9.17, 15) is 5.11 Å². The van der Waals surface area contributed by atoms with E-state index in [-0.39, 0.29) is 0 Å². The van der Waals surface area contributed by atoms with Gasteiger partial charge in [-0.3, -0.25) is 4.98 Å². The summed E-state index contributed by atoms with van der Waals surface area (Å²) in [6.45, 7) is 13.8. The summed E-state index contributed by atoms with van der Waals surface area (Å²) in [4.78, 5) is 4.53. The SMILES string of the molecule is CC(C)[Si](Oc1ccnc2c1C(O)CCCC2)(C(C)C)C(C)C. The van der Waals surface area contributed by atoms with Gasteiger partial charge >= 0.3 is 0 Å². The van der Waals surface area contributed by atoms with Gasteiger partial charge in [0.1, 0.15) is 5.75 Å². The summed E-state index contributed by atoms with van der Waals surface area (Å²) >= 11 is 0. The molecule has 1 atom stereocenters. The summed E-state index contributed by atoms with van der Waals surface area (Å²) < 4.78 is 6.85. The number of aliphatic hydroxyl groups excluding tert-OH is 1. The molecule has 23 heavy (non-hydrogen) atoms. The molecule has 1 unspecified atom stereocenters. The lowest BCUT2D eigenvalue weighted by atomic mass is 10.1. The van der Waals surface area contributed by atoms with Gasteiger partial charge in [-0.15, -0.1) is 0 Å². The minimum absolute atomic E-state index is 0.436. The Balaban J connectivity index is 2.50. The summed E-state index contributed by atoms with van der Waals surface area (Å²) in [5.74, 6) is 0.896. The van der Waals surface area contributed by atoms with Crippen LogP contribution < -0.4 is 4.43 Å². The number of rotatable bonds is 5. The van der Waals surface area contributed by atoms with Crippen LogP contribution >= 0.6 is 0 Å². The van der Waals surface area contributed by atoms with E-state index in [1.54, 1.807) is 0 Å². The minimum Gasteiger partial charge on any atom is -0.542 e. The molecule has 0 radical (unpaired) electrons. The fourth-order valence-electron chi connectivity index (χ4n) is 4.46. The van der Waals surface area contributed by atoms with E-state index in [2.05, 4.69) is 46.5 Å². The van der Waals surface area contributed by atoms with Crippen LogP contribution in [0.4, 0.5) is 0 Å². The Bertz CT molecular complexity index is 506. The topological polar surface area (TPSA) is 42.4 Å². The summed E-state index contributed by atoms with van der Waals surface area (Å²) in [6, 6.07) is 1.97. The highest BCUT2D eigenvalue weighted by atomic mass is 28.4. The van der Waals surface area contributed by atoms with Crippen molar-refractivity contribution in [2.75, 3.05) is 0 Å². The normalized spacial score (nSPS) is 19.1. The molecule has 1 aromatic heterocycles. The van der Waals surface area contributed by atoms with E-state index in [0.29, 0.717) is 16.6 Å². The van der Waals surface area contributed by atoms with E-state index in [1.165, 1.54) is 0 Å². The van der Waals surface area contributed by atoms with Crippen molar-refractivity contribution in [3.05, 3.63) is 23.5 Å². The van der Waals surface area contributed by atoms with Gasteiger partial charge in [0.25, 0.3) is 8.32 Å². The minimum atomic E-state index is -2.01. The number of hydrogen-bond acceptors (Lipinski definition) is 3. The van der Waals surface area contributed by atoms with Crippen LogP contribution in [0.25, 0.3) is 0 Å². The van der Waals surface area contributed by atoms with Crippen molar-refractivity contribution in [3.8, 4) is 5.75 Å². The molecule has 0 fully saturated rings. The molecule has 4 heteroatoms. The first-order valence-corrected chi connectivity index (χ1v) is 11.3. The molecule has 1 aromatic rings. The van der Waals surface area contributed by atoms with Gasteiger partial charge in [-0.2, -0.15) is 0 Å². The fourth-order valence-corrected chi connectivity index (χ4v) is 9.73. The van der Waals surface area contributed by atoms with Crippen molar-refractivity contribution >= 4 is 8.32 Å². The molecular formula is C19H33NO2Si. The first kappa shape index (κ1) is 18.5. The predicted octanol–water partition coefficient (Wildman–Crippen LogP) is 5.40. The maximum atomic E-state index is 10.6. The van der Waals surface area contributed by atoms with E-state index in [4.69, 9.17) is 4.43 Å². The quantitative estimate of drug-likeness (QED) is 0.579. The number of aliphatic hydroxyl groups is 1. The van der Waals surface area contributed by atoms with Crippen molar-refractivity contribution in [3.63, 3.8) is 0 Å². The highest BCUT2D eigenvalue weighted by Crippen LogP contribution is 2.45. The van der Waals surface area contributed by atoms with Crippen molar-refractivity contribution in [1.29, 1.82) is 0 Å². The zero-order valence-electron chi connectivity index (χ0n) is 15.6. The Hall–Kier alpha value is -0.873. The predicted molar refractivity (Wildman–Crippen MR) is 98.4 cm³/mol. The van der Waals surface area contributed by atoms with Crippen molar-refractivity contribution in [1.82, 2.24) is 4.98 Å². The lowest BCUT2D eigenvalue weighted by Gasteiger charge is -2.43. The maximum absolute atomic E-state index is 10.6. The van der Waals surface area contributed by atoms with Gasteiger partial charge in [-0.1, -0.05) is 48.0 Å². The second-order valence-corrected chi connectivity index (χ2v) is 13.2. The lowest BCUT2D eigenvalue weighted by molar-refractivity contribution is 0.163. The van der Waals surface area contributed by atoms with E-state index >= 15 is 0 Å². The van der Waals surface area contributed by atoms with Crippen LogP contribution in [0.2, 0.25) is 16.6 Å². The summed E-state index contributed by atoms with van der Waals surface area (Å²) in [5, 5.41) is 10.6. The number of pyridine rings is 1. The van der Waals surface area contributed by atoms with Crippen molar-refractivity contribution < 1.29 is 9.53 Å². The summed E-state index contributed by atoms with van der Waals surface area (Å²) in [6.07, 6.45) is 5.33. The summed E-state index contributed by atoms with van der Waals surface area (Å²) in [5.41, 5.74) is 3.56. The maximum Gasteiger partial charge on any atom is 0.258 e. The number of nitrogens with zero attached hydrogens (tertiary/aromatic N) is 1. The molecule has 0 amide bonds. The van der Waals surface area contributed by atoms with Crippen molar-refractivity contribution in [2.24, 2.45) is 0 Å². The first-order valence-electron chi connectivity index (χ1n) is 9.15. The van der Waals surface area contributed by atoms with Crippen LogP contribution in [0, 0.1) is 0 Å². The standard InChI is InChI=1S/C19H33NO2Si/c1-13(2)23(14(3)4,15(5)6)22-18-11-12-20-16-9-7-8-10-17(21)19(16)18/h11-15,17,21H,7-10H2,1-6H3. The molecule has 0 spiro atoms. The molecule has 130 valence electrons. The molecule has 0 bridgehead atoms. The Morgan fingerprint density at radius 1 is 1.09 bits per heavy atom. The molecule has 3 nitrogen and oxygen atoms in total. The molecule has 2 rings (SSSR count). The molecule has 1 aliphatic rings. The molecule has 0 aromatic carbocycles. The third-order valence-electron chi connectivity index (χ3n) is 5.50. The second kappa shape index (κ2) is 7.35. The van der Waals surface area contributed by atoms with Crippen LogP contribution in [-0.4, -0.2) is 18.4 Å². The lowest BCUT2D eigenvalue weighted by Crippen LogP contribution is -2.51. The summed E-state index contributed by atoms with van der Waals surface area (Å²) in [7, 11) is -2.01. The van der Waals surface area contributed by atoms with Gasteiger partial charge in [-0.25, -0.2) is 0 Å².